The van der Waals surface area contributed by atoms with Crippen molar-refractivity contribution in [2.24, 2.45) is 0 Å². The number of allylic oxidation sites excluding steroid dienone is 2. The van der Waals surface area contributed by atoms with Gasteiger partial charge in [0.25, 0.3) is 15.9 Å². The highest BCUT2D eigenvalue weighted by molar-refractivity contribution is 7.92. The summed E-state index contributed by atoms with van der Waals surface area (Å²) < 4.78 is 47.9. The maximum atomic E-state index is 14.5. The Balaban J connectivity index is 1.41. The first-order chi connectivity index (χ1) is 24.5. The molecule has 2 aromatic carbocycles. The predicted octanol–water partition coefficient (Wildman–Crippen LogP) is 6.76. The summed E-state index contributed by atoms with van der Waals surface area (Å²) in [5.74, 6) is -1.44. The maximum absolute atomic E-state index is 14.5. The van der Waals surface area contributed by atoms with Crippen molar-refractivity contribution in [2.75, 3.05) is 32.1 Å². The number of pyridine rings is 1. The number of sulfonamides is 1. The average molecular weight is 712 g/mol. The van der Waals surface area contributed by atoms with Crippen LogP contribution in [0.25, 0.3) is 16.8 Å². The lowest BCUT2D eigenvalue weighted by molar-refractivity contribution is -0.205. The molecule has 2 aromatic heterocycles. The molecule has 2 aliphatic rings. The maximum Gasteiger partial charge on any atom is 0.264 e. The number of hydrogen-bond donors (Lipinski definition) is 1. The topological polar surface area (TPSA) is 133 Å². The van der Waals surface area contributed by atoms with Gasteiger partial charge >= 0.3 is 0 Å². The van der Waals surface area contributed by atoms with Gasteiger partial charge in [-0.25, -0.2) is 18.1 Å². The van der Waals surface area contributed by atoms with E-state index in [1.54, 1.807) is 44.2 Å². The van der Waals surface area contributed by atoms with Gasteiger partial charge in [0, 0.05) is 62.7 Å². The van der Waals surface area contributed by atoms with Crippen molar-refractivity contribution in [1.82, 2.24) is 19.9 Å². The van der Waals surface area contributed by atoms with E-state index < -0.39 is 21.9 Å². The molecule has 6 rings (SSSR count). The number of nitrogens with zero attached hydrogens (tertiary/aromatic N) is 4. The molecule has 1 amide bonds. The molecule has 12 heteroatoms. The van der Waals surface area contributed by atoms with Crippen molar-refractivity contribution in [3.05, 3.63) is 101 Å². The molecule has 1 aliphatic heterocycles. The van der Waals surface area contributed by atoms with Gasteiger partial charge in [-0.1, -0.05) is 36.4 Å². The molecule has 1 aliphatic carbocycles. The second kappa shape index (κ2) is 15.3. The van der Waals surface area contributed by atoms with Crippen molar-refractivity contribution in [2.45, 2.75) is 76.0 Å². The van der Waals surface area contributed by atoms with E-state index in [4.69, 9.17) is 19.2 Å². The van der Waals surface area contributed by atoms with Gasteiger partial charge in [0.15, 0.2) is 5.79 Å². The number of amides is 1. The van der Waals surface area contributed by atoms with E-state index in [9.17, 15) is 13.2 Å². The summed E-state index contributed by atoms with van der Waals surface area (Å²) in [4.78, 5) is 29.9. The summed E-state index contributed by atoms with van der Waals surface area (Å²) in [5, 5.41) is 0. The van der Waals surface area contributed by atoms with Crippen LogP contribution in [0, 0.1) is 13.8 Å². The third-order valence-electron chi connectivity index (χ3n) is 9.75. The lowest BCUT2D eigenvalue weighted by atomic mass is 9.94. The Labute approximate surface area is 300 Å². The zero-order valence-corrected chi connectivity index (χ0v) is 30.6. The number of aryl methyl sites for hydroxylation is 2. The van der Waals surface area contributed by atoms with Gasteiger partial charge in [-0.2, -0.15) is 4.98 Å². The summed E-state index contributed by atoms with van der Waals surface area (Å²) in [5.41, 5.74) is 6.73. The number of fused-ring (bicyclic) bond motifs is 4. The van der Waals surface area contributed by atoms with E-state index in [1.165, 1.54) is 30.5 Å². The van der Waals surface area contributed by atoms with Crippen LogP contribution in [0.3, 0.4) is 0 Å². The van der Waals surface area contributed by atoms with Crippen LogP contribution in [0.4, 0.5) is 5.95 Å². The summed E-state index contributed by atoms with van der Waals surface area (Å²) in [6.45, 7) is 6.01. The van der Waals surface area contributed by atoms with Gasteiger partial charge < -0.3 is 19.1 Å². The van der Waals surface area contributed by atoms with Gasteiger partial charge in [-0.05, 0) is 93.0 Å². The van der Waals surface area contributed by atoms with Gasteiger partial charge in [-0.3, -0.25) is 9.78 Å². The van der Waals surface area contributed by atoms with Crippen LogP contribution in [0.15, 0.2) is 77.8 Å². The number of ether oxygens (including phenoxy) is 3. The Kier molecular flexibility index (Phi) is 10.8. The van der Waals surface area contributed by atoms with Crippen LogP contribution in [-0.2, 0) is 25.9 Å². The predicted molar refractivity (Wildman–Crippen MR) is 196 cm³/mol. The number of carbonyl (C=O) groups is 1. The van der Waals surface area contributed by atoms with Gasteiger partial charge in [0.2, 0.25) is 11.8 Å². The van der Waals surface area contributed by atoms with Gasteiger partial charge in [0.1, 0.15) is 6.61 Å². The highest BCUT2D eigenvalue weighted by Crippen LogP contribution is 2.31. The molecule has 0 saturated heterocycles. The molecular formula is C39H45N5O6S. The average Bonchev–Trinajstić information content (AvgIpc) is 3.14. The lowest BCUT2D eigenvalue weighted by Crippen LogP contribution is -2.49. The van der Waals surface area contributed by atoms with Crippen LogP contribution in [0.1, 0.15) is 71.8 Å². The lowest BCUT2D eigenvalue weighted by Gasteiger charge is -2.37. The number of hydrogen-bond acceptors (Lipinski definition) is 9. The molecule has 0 spiro atoms. The number of benzene rings is 2. The zero-order chi connectivity index (χ0) is 36.2. The minimum absolute atomic E-state index is 0.00363. The van der Waals surface area contributed by atoms with Crippen molar-refractivity contribution in [3.63, 3.8) is 0 Å². The second-order valence-corrected chi connectivity index (χ2v) is 15.0. The quantitative estimate of drug-likeness (QED) is 0.187. The smallest absolute Gasteiger partial charge is 0.264 e. The molecule has 11 nitrogen and oxygen atoms in total. The molecule has 0 unspecified atom stereocenters. The fourth-order valence-corrected chi connectivity index (χ4v) is 7.69. The molecule has 4 aromatic rings. The van der Waals surface area contributed by atoms with E-state index in [-0.39, 0.29) is 47.8 Å². The Morgan fingerprint density at radius 1 is 0.980 bits per heavy atom. The van der Waals surface area contributed by atoms with Crippen molar-refractivity contribution in [3.8, 4) is 17.1 Å². The fourth-order valence-electron chi connectivity index (χ4n) is 6.70. The highest BCUT2D eigenvalue weighted by atomic mass is 32.2. The van der Waals surface area contributed by atoms with Crippen molar-refractivity contribution >= 4 is 27.5 Å². The second-order valence-electron chi connectivity index (χ2n) is 13.3. The molecule has 0 fully saturated rings. The highest BCUT2D eigenvalue weighted by Gasteiger charge is 2.35. The summed E-state index contributed by atoms with van der Waals surface area (Å²) in [6.07, 6.45) is 9.42. The molecule has 268 valence electrons. The Morgan fingerprint density at radius 2 is 1.75 bits per heavy atom. The standard InChI is InChI=1S/C39H45N5O6S/c1-26-11-9-12-27(2)36(26)34-22-35-42-38(41-34)43-51(46,47)33-16-10-15-29(21-33)37(45)44(32(25-50-35)23-39(3,48-4)49-5)20-19-31-18-17-30(24-40-31)28-13-7-6-8-14-28/h9-13,15-18,21-22,24,32H,6-8,14,19-20,23,25H2,1-5H3,(H,41,42,43)/t32-/m1/s1. The monoisotopic (exact) mass is 711 g/mol. The number of rotatable bonds is 9. The van der Waals surface area contributed by atoms with E-state index in [1.807, 2.05) is 44.3 Å². The van der Waals surface area contributed by atoms with Gasteiger partial charge in [-0.15, -0.1) is 0 Å². The van der Waals surface area contributed by atoms with E-state index in [0.29, 0.717) is 12.1 Å². The first-order valence-corrected chi connectivity index (χ1v) is 18.7. The molecular weight excluding hydrogens is 667 g/mol. The molecule has 51 heavy (non-hydrogen) atoms. The molecule has 1 atom stereocenters. The largest absolute Gasteiger partial charge is 0.475 e. The Morgan fingerprint density at radius 3 is 2.43 bits per heavy atom. The van der Waals surface area contributed by atoms with Crippen LogP contribution in [0.5, 0.6) is 5.88 Å². The Bertz CT molecular complexity index is 2010. The van der Waals surface area contributed by atoms with E-state index in [2.05, 4.69) is 26.8 Å². The fraction of sp³-hybridized carbons (Fsp3) is 0.385. The van der Waals surface area contributed by atoms with Crippen molar-refractivity contribution in [1.29, 1.82) is 0 Å². The molecule has 0 radical (unpaired) electrons. The number of anilines is 1. The molecule has 1 N–H and O–H groups in total. The summed E-state index contributed by atoms with van der Waals surface area (Å²) >= 11 is 0. The first-order valence-electron chi connectivity index (χ1n) is 17.3. The SMILES string of the molecule is COC(C)(C[C@@H]1COc2cc(-c3c(C)cccc3C)nc(n2)NS(=O)(=O)c2cccc(c2)C(=O)N1CCc1ccc(C2=CCCCC2)cn1)OC. The number of methoxy groups -OCH3 is 2. The Hall–Kier alpha value is -4.65. The first kappa shape index (κ1) is 36.2. The third kappa shape index (κ3) is 8.30. The van der Waals surface area contributed by atoms with Crippen LogP contribution in [-0.4, -0.2) is 73.4 Å². The number of nitrogens with one attached hydrogen (secondary N) is 1. The molecule has 3 heterocycles. The number of carbonyl (C=O) groups excluding carboxylic acids is 1. The van der Waals surface area contributed by atoms with Crippen LogP contribution < -0.4 is 9.46 Å². The minimum atomic E-state index is -4.19. The summed E-state index contributed by atoms with van der Waals surface area (Å²) in [7, 11) is -1.09. The van der Waals surface area contributed by atoms with Gasteiger partial charge in [0.05, 0.1) is 16.6 Å². The van der Waals surface area contributed by atoms with Crippen LogP contribution in [0.2, 0.25) is 0 Å². The number of aromatic nitrogens is 3. The zero-order valence-electron chi connectivity index (χ0n) is 29.8. The molecule has 0 saturated carbocycles. The summed E-state index contributed by atoms with van der Waals surface area (Å²) in [6, 6.07) is 17.1. The molecule has 4 bridgehead atoms. The van der Waals surface area contributed by atoms with Crippen molar-refractivity contribution < 1.29 is 27.4 Å². The van der Waals surface area contributed by atoms with E-state index in [0.717, 1.165) is 40.8 Å². The van der Waals surface area contributed by atoms with Crippen LogP contribution >= 0.6 is 0 Å². The minimum Gasteiger partial charge on any atom is -0.475 e. The third-order valence-corrected chi connectivity index (χ3v) is 11.1. The van der Waals surface area contributed by atoms with E-state index >= 15 is 0 Å². The normalized spacial score (nSPS) is 17.7.